The number of ether oxygens (including phenoxy) is 1. The first-order valence-corrected chi connectivity index (χ1v) is 3.23. The molecule has 11 heavy (non-hydrogen) atoms. The summed E-state index contributed by atoms with van der Waals surface area (Å²) in [5, 5.41) is 17.7. The molecule has 5 nitrogen and oxygen atoms in total. The zero-order valence-corrected chi connectivity index (χ0v) is 6.41. The molecule has 4 N–H and O–H groups in total. The topological polar surface area (TPSA) is 92.8 Å². The lowest BCUT2D eigenvalue weighted by Gasteiger charge is -2.20. The third-order valence-electron chi connectivity index (χ3n) is 1.18. The third-order valence-corrected chi connectivity index (χ3v) is 1.18. The van der Waals surface area contributed by atoms with E-state index >= 15 is 0 Å². The maximum Gasteiger partial charge on any atom is 0.404 e. The maximum atomic E-state index is 10.1. The van der Waals surface area contributed by atoms with Crippen LogP contribution in [0.4, 0.5) is 4.79 Å². The molecule has 0 aromatic carbocycles. The lowest BCUT2D eigenvalue weighted by molar-refractivity contribution is -0.0214. The molecule has 0 saturated heterocycles. The Balaban J connectivity index is 3.63. The molecule has 0 aliphatic rings. The highest BCUT2D eigenvalue weighted by atomic mass is 16.6. The molecular weight excluding hydrogens is 150 g/mol. The first-order chi connectivity index (χ1) is 4.98. The summed E-state index contributed by atoms with van der Waals surface area (Å²) < 4.78 is 4.34. The molecule has 5 heteroatoms. The van der Waals surface area contributed by atoms with Crippen molar-refractivity contribution in [1.82, 2.24) is 0 Å². The Morgan fingerprint density at radius 2 is 2.27 bits per heavy atom. The van der Waals surface area contributed by atoms with E-state index in [-0.39, 0.29) is 19.6 Å². The van der Waals surface area contributed by atoms with Gasteiger partial charge in [0.05, 0.1) is 5.60 Å². The van der Waals surface area contributed by atoms with Crippen LogP contribution in [-0.2, 0) is 4.74 Å². The standard InChI is InChI=1S/C6H13NO4/c1-6(10,2-3-8)4-11-5(7)9/h8,10H,2-4H2,1H3,(H2,7,9). The second kappa shape index (κ2) is 4.15. The monoisotopic (exact) mass is 163 g/mol. The zero-order valence-electron chi connectivity index (χ0n) is 6.41. The molecule has 0 aliphatic carbocycles. The average molecular weight is 163 g/mol. The van der Waals surface area contributed by atoms with Gasteiger partial charge in [0.1, 0.15) is 6.61 Å². The molecule has 1 unspecified atom stereocenters. The number of primary amides is 1. The summed E-state index contributed by atoms with van der Waals surface area (Å²) in [5.74, 6) is 0. The van der Waals surface area contributed by atoms with Crippen molar-refractivity contribution < 1.29 is 19.7 Å². The SMILES string of the molecule is CC(O)(CCO)COC(N)=O. The number of aliphatic hydroxyl groups excluding tert-OH is 1. The summed E-state index contributed by atoms with van der Waals surface area (Å²) in [5.41, 5.74) is 3.47. The normalized spacial score (nSPS) is 15.5. The van der Waals surface area contributed by atoms with Crippen molar-refractivity contribution in [3.8, 4) is 0 Å². The van der Waals surface area contributed by atoms with Crippen molar-refractivity contribution in [2.75, 3.05) is 13.2 Å². The number of hydrogen-bond donors (Lipinski definition) is 3. The van der Waals surface area contributed by atoms with Crippen LogP contribution in [0.3, 0.4) is 0 Å². The van der Waals surface area contributed by atoms with E-state index in [2.05, 4.69) is 10.5 Å². The molecule has 0 aromatic rings. The molecule has 0 aromatic heterocycles. The Bertz CT molecular complexity index is 135. The lowest BCUT2D eigenvalue weighted by Crippen LogP contribution is -2.34. The first kappa shape index (κ1) is 10.2. The quantitative estimate of drug-likeness (QED) is 0.506. The van der Waals surface area contributed by atoms with Crippen LogP contribution >= 0.6 is 0 Å². The van der Waals surface area contributed by atoms with E-state index in [0.717, 1.165) is 0 Å². The Morgan fingerprint density at radius 1 is 1.73 bits per heavy atom. The van der Waals surface area contributed by atoms with Gasteiger partial charge in [0.25, 0.3) is 0 Å². The molecule has 1 amide bonds. The van der Waals surface area contributed by atoms with Gasteiger partial charge in [-0.1, -0.05) is 0 Å². The molecule has 0 fully saturated rings. The molecule has 0 aliphatic heterocycles. The van der Waals surface area contributed by atoms with Gasteiger partial charge in [-0.3, -0.25) is 0 Å². The highest BCUT2D eigenvalue weighted by Crippen LogP contribution is 2.08. The number of amides is 1. The number of aliphatic hydroxyl groups is 2. The number of nitrogens with two attached hydrogens (primary N) is 1. The summed E-state index contributed by atoms with van der Waals surface area (Å²) in [7, 11) is 0. The van der Waals surface area contributed by atoms with Crippen molar-refractivity contribution in [3.63, 3.8) is 0 Å². The minimum Gasteiger partial charge on any atom is -0.447 e. The molecular formula is C6H13NO4. The van der Waals surface area contributed by atoms with E-state index in [1.165, 1.54) is 6.92 Å². The molecule has 1 atom stereocenters. The number of carbonyl (C=O) groups is 1. The molecule has 0 rings (SSSR count). The number of rotatable bonds is 4. The molecule has 0 bridgehead atoms. The van der Waals surface area contributed by atoms with Gasteiger partial charge in [0, 0.05) is 13.0 Å². The van der Waals surface area contributed by atoms with E-state index in [4.69, 9.17) is 5.11 Å². The van der Waals surface area contributed by atoms with E-state index in [1.807, 2.05) is 0 Å². The molecule has 0 radical (unpaired) electrons. The fourth-order valence-corrected chi connectivity index (χ4v) is 0.540. The molecule has 66 valence electrons. The second-order valence-electron chi connectivity index (χ2n) is 2.58. The smallest absolute Gasteiger partial charge is 0.404 e. The van der Waals surface area contributed by atoms with Gasteiger partial charge in [0.15, 0.2) is 0 Å². The summed E-state index contributed by atoms with van der Waals surface area (Å²) in [6, 6.07) is 0. The Morgan fingerprint density at radius 3 is 2.64 bits per heavy atom. The molecule has 0 saturated carbocycles. The van der Waals surface area contributed by atoms with E-state index < -0.39 is 11.7 Å². The van der Waals surface area contributed by atoms with E-state index in [1.54, 1.807) is 0 Å². The number of carbonyl (C=O) groups excluding carboxylic acids is 1. The Labute approximate surface area is 64.8 Å². The highest BCUT2D eigenvalue weighted by molar-refractivity contribution is 5.64. The van der Waals surface area contributed by atoms with E-state index in [9.17, 15) is 9.90 Å². The Hall–Kier alpha value is -0.810. The summed E-state index contributed by atoms with van der Waals surface area (Å²) in [6.07, 6.45) is -0.775. The second-order valence-corrected chi connectivity index (χ2v) is 2.58. The minimum absolute atomic E-state index is 0.153. The van der Waals surface area contributed by atoms with Crippen molar-refractivity contribution in [2.24, 2.45) is 5.73 Å². The maximum absolute atomic E-state index is 10.1. The first-order valence-electron chi connectivity index (χ1n) is 3.23. The Kier molecular flexibility index (Phi) is 3.84. The van der Waals surface area contributed by atoms with Crippen LogP contribution in [0.15, 0.2) is 0 Å². The average Bonchev–Trinajstić information content (AvgIpc) is 1.84. The van der Waals surface area contributed by atoms with Crippen molar-refractivity contribution in [2.45, 2.75) is 18.9 Å². The fraction of sp³-hybridized carbons (Fsp3) is 0.833. The minimum atomic E-state index is -1.19. The predicted octanol–water partition coefficient (Wildman–Crippen LogP) is -0.785. The van der Waals surface area contributed by atoms with Crippen LogP contribution in [0.1, 0.15) is 13.3 Å². The van der Waals surface area contributed by atoms with Crippen LogP contribution in [0, 0.1) is 0 Å². The van der Waals surface area contributed by atoms with Crippen LogP contribution in [0.25, 0.3) is 0 Å². The summed E-state index contributed by atoms with van der Waals surface area (Å²) >= 11 is 0. The van der Waals surface area contributed by atoms with Crippen LogP contribution < -0.4 is 5.73 Å². The van der Waals surface area contributed by atoms with Crippen molar-refractivity contribution in [1.29, 1.82) is 0 Å². The molecule has 0 heterocycles. The van der Waals surface area contributed by atoms with Crippen LogP contribution in [0.5, 0.6) is 0 Å². The molecule has 0 spiro atoms. The van der Waals surface area contributed by atoms with Gasteiger partial charge in [-0.05, 0) is 6.92 Å². The third kappa shape index (κ3) is 5.63. The van der Waals surface area contributed by atoms with Gasteiger partial charge in [-0.2, -0.15) is 0 Å². The predicted molar refractivity (Wildman–Crippen MR) is 37.9 cm³/mol. The van der Waals surface area contributed by atoms with Gasteiger partial charge in [0.2, 0.25) is 0 Å². The number of hydrogen-bond acceptors (Lipinski definition) is 4. The summed E-state index contributed by atoms with van der Waals surface area (Å²) in [4.78, 5) is 10.1. The van der Waals surface area contributed by atoms with Gasteiger partial charge >= 0.3 is 6.09 Å². The summed E-state index contributed by atoms with van der Waals surface area (Å²) in [6.45, 7) is 1.10. The van der Waals surface area contributed by atoms with Crippen LogP contribution in [-0.4, -0.2) is 35.1 Å². The van der Waals surface area contributed by atoms with Gasteiger partial charge in [-0.25, -0.2) is 4.79 Å². The fourth-order valence-electron chi connectivity index (χ4n) is 0.540. The van der Waals surface area contributed by atoms with Gasteiger partial charge < -0.3 is 20.7 Å². The van der Waals surface area contributed by atoms with Crippen molar-refractivity contribution in [3.05, 3.63) is 0 Å². The lowest BCUT2D eigenvalue weighted by atomic mass is 10.1. The zero-order chi connectivity index (χ0) is 8.91. The highest BCUT2D eigenvalue weighted by Gasteiger charge is 2.20. The van der Waals surface area contributed by atoms with Gasteiger partial charge in [-0.15, -0.1) is 0 Å². The van der Waals surface area contributed by atoms with Crippen molar-refractivity contribution >= 4 is 6.09 Å². The largest absolute Gasteiger partial charge is 0.447 e. The van der Waals surface area contributed by atoms with Crippen LogP contribution in [0.2, 0.25) is 0 Å². The van der Waals surface area contributed by atoms with E-state index in [0.29, 0.717) is 0 Å².